The Morgan fingerprint density at radius 1 is 1.24 bits per heavy atom. The van der Waals surface area contributed by atoms with Crippen LogP contribution < -0.4 is 16.5 Å². The number of carbonyl (C=O) groups excluding carboxylic acids is 2. The summed E-state index contributed by atoms with van der Waals surface area (Å²) >= 11 is 0. The van der Waals surface area contributed by atoms with Crippen LogP contribution in [0.1, 0.15) is 37.7 Å². The van der Waals surface area contributed by atoms with Crippen molar-refractivity contribution in [3.05, 3.63) is 22.1 Å². The Bertz CT molecular complexity index is 519. The fourth-order valence-electron chi connectivity index (χ4n) is 1.50. The van der Waals surface area contributed by atoms with E-state index < -0.39 is 11.9 Å². The lowest BCUT2D eigenvalue weighted by molar-refractivity contribution is -0.121. The van der Waals surface area contributed by atoms with E-state index in [9.17, 15) is 14.4 Å². The molecule has 8 nitrogen and oxygen atoms in total. The SMILES string of the molecule is CCCCC(=O)NCCOC(=O)NCc1oc(=O)oc1C. The average Bonchev–Trinajstić information content (AvgIpc) is 2.77. The van der Waals surface area contributed by atoms with Gasteiger partial charge < -0.3 is 24.2 Å². The molecule has 2 amide bonds. The number of ether oxygens (including phenoxy) is 1. The van der Waals surface area contributed by atoms with Crippen molar-refractivity contribution in [3.8, 4) is 0 Å². The molecule has 0 saturated heterocycles. The molecule has 118 valence electrons. The zero-order valence-electron chi connectivity index (χ0n) is 12.2. The molecule has 1 rings (SSSR count). The number of hydrogen-bond acceptors (Lipinski definition) is 6. The first kappa shape index (κ1) is 16.8. The molecule has 0 aliphatic carbocycles. The van der Waals surface area contributed by atoms with Crippen LogP contribution in [0.4, 0.5) is 4.79 Å². The van der Waals surface area contributed by atoms with Crippen LogP contribution in [0.2, 0.25) is 0 Å². The van der Waals surface area contributed by atoms with E-state index in [4.69, 9.17) is 9.15 Å². The largest absolute Gasteiger partial charge is 0.519 e. The molecule has 0 aliphatic rings. The third kappa shape index (κ3) is 6.64. The van der Waals surface area contributed by atoms with E-state index in [2.05, 4.69) is 15.1 Å². The van der Waals surface area contributed by atoms with Crippen LogP contribution in [0.15, 0.2) is 13.6 Å². The first-order valence-corrected chi connectivity index (χ1v) is 6.79. The topological polar surface area (TPSA) is 111 Å². The first-order valence-electron chi connectivity index (χ1n) is 6.79. The van der Waals surface area contributed by atoms with Crippen molar-refractivity contribution in [2.24, 2.45) is 0 Å². The molecule has 0 aromatic carbocycles. The van der Waals surface area contributed by atoms with Crippen molar-refractivity contribution < 1.29 is 23.2 Å². The highest BCUT2D eigenvalue weighted by Crippen LogP contribution is 2.03. The highest BCUT2D eigenvalue weighted by Gasteiger charge is 2.10. The Kier molecular flexibility index (Phi) is 7.06. The summed E-state index contributed by atoms with van der Waals surface area (Å²) in [7, 11) is 0. The van der Waals surface area contributed by atoms with Crippen molar-refractivity contribution in [1.29, 1.82) is 0 Å². The number of hydrogen-bond donors (Lipinski definition) is 2. The number of rotatable bonds is 8. The molecule has 0 spiro atoms. The van der Waals surface area contributed by atoms with Crippen molar-refractivity contribution >= 4 is 12.0 Å². The smallest absolute Gasteiger partial charge is 0.448 e. The Morgan fingerprint density at radius 3 is 2.62 bits per heavy atom. The Morgan fingerprint density at radius 2 is 2.00 bits per heavy atom. The molecule has 0 saturated carbocycles. The second-order valence-electron chi connectivity index (χ2n) is 4.38. The van der Waals surface area contributed by atoms with Crippen molar-refractivity contribution in [1.82, 2.24) is 10.6 Å². The van der Waals surface area contributed by atoms with E-state index in [0.717, 1.165) is 12.8 Å². The Labute approximate surface area is 121 Å². The molecular weight excluding hydrogens is 280 g/mol. The van der Waals surface area contributed by atoms with E-state index in [1.165, 1.54) is 0 Å². The molecule has 1 aromatic rings. The van der Waals surface area contributed by atoms with Gasteiger partial charge in [-0.2, -0.15) is 0 Å². The lowest BCUT2D eigenvalue weighted by Gasteiger charge is -2.07. The molecule has 8 heteroatoms. The van der Waals surface area contributed by atoms with E-state index in [-0.39, 0.29) is 31.4 Å². The maximum atomic E-state index is 11.4. The Hall–Kier alpha value is -2.25. The zero-order valence-corrected chi connectivity index (χ0v) is 12.2. The minimum absolute atomic E-state index is 0.000728. The fourth-order valence-corrected chi connectivity index (χ4v) is 1.50. The second kappa shape index (κ2) is 8.83. The normalized spacial score (nSPS) is 10.2. The van der Waals surface area contributed by atoms with Crippen LogP contribution in [0.5, 0.6) is 0 Å². The monoisotopic (exact) mass is 300 g/mol. The van der Waals surface area contributed by atoms with Gasteiger partial charge in [-0.15, -0.1) is 0 Å². The van der Waals surface area contributed by atoms with Crippen LogP contribution in [0.25, 0.3) is 0 Å². The predicted octanol–water partition coefficient (Wildman–Crippen LogP) is 1.07. The van der Waals surface area contributed by atoms with Gasteiger partial charge >= 0.3 is 11.9 Å². The molecule has 1 heterocycles. The number of nitrogens with one attached hydrogen (secondary N) is 2. The van der Waals surface area contributed by atoms with Gasteiger partial charge in [0.15, 0.2) is 5.76 Å². The van der Waals surface area contributed by atoms with Gasteiger partial charge in [0, 0.05) is 6.42 Å². The van der Waals surface area contributed by atoms with Gasteiger partial charge in [0.05, 0.1) is 13.1 Å². The third-order valence-electron chi connectivity index (χ3n) is 2.64. The third-order valence-corrected chi connectivity index (χ3v) is 2.64. The summed E-state index contributed by atoms with van der Waals surface area (Å²) in [6, 6.07) is 0. The minimum atomic E-state index is -0.813. The van der Waals surface area contributed by atoms with E-state index in [1.807, 2.05) is 6.92 Å². The van der Waals surface area contributed by atoms with E-state index in [1.54, 1.807) is 6.92 Å². The van der Waals surface area contributed by atoms with Gasteiger partial charge in [-0.05, 0) is 13.3 Å². The minimum Gasteiger partial charge on any atom is -0.448 e. The molecule has 0 fully saturated rings. The molecule has 2 N–H and O–H groups in total. The van der Waals surface area contributed by atoms with E-state index >= 15 is 0 Å². The molecule has 0 atom stereocenters. The van der Waals surface area contributed by atoms with Gasteiger partial charge in [-0.1, -0.05) is 13.3 Å². The van der Waals surface area contributed by atoms with Crippen molar-refractivity contribution in [2.75, 3.05) is 13.2 Å². The van der Waals surface area contributed by atoms with Gasteiger partial charge in [-0.25, -0.2) is 9.59 Å². The molecule has 0 unspecified atom stereocenters. The summed E-state index contributed by atoms with van der Waals surface area (Å²) in [6.07, 6.45) is 1.60. The lowest BCUT2D eigenvalue weighted by atomic mass is 10.2. The first-order chi connectivity index (χ1) is 10.0. The number of alkyl carbamates (subject to hydrolysis) is 1. The maximum absolute atomic E-state index is 11.4. The summed E-state index contributed by atoms with van der Waals surface area (Å²) in [5, 5.41) is 5.05. The molecule has 0 radical (unpaired) electrons. The lowest BCUT2D eigenvalue weighted by Crippen LogP contribution is -2.30. The number of carbonyl (C=O) groups is 2. The highest BCUT2D eigenvalue weighted by atomic mass is 16.6. The second-order valence-corrected chi connectivity index (χ2v) is 4.38. The molecule has 0 aliphatic heterocycles. The van der Waals surface area contributed by atoms with Crippen LogP contribution in [0, 0.1) is 6.92 Å². The average molecular weight is 300 g/mol. The molecule has 1 aromatic heterocycles. The van der Waals surface area contributed by atoms with Crippen molar-refractivity contribution in [3.63, 3.8) is 0 Å². The van der Waals surface area contributed by atoms with Crippen LogP contribution in [0.3, 0.4) is 0 Å². The van der Waals surface area contributed by atoms with Crippen LogP contribution in [-0.4, -0.2) is 25.2 Å². The molecule has 0 bridgehead atoms. The van der Waals surface area contributed by atoms with Crippen LogP contribution in [-0.2, 0) is 16.1 Å². The van der Waals surface area contributed by atoms with Crippen molar-refractivity contribution in [2.45, 2.75) is 39.7 Å². The summed E-state index contributed by atoms with van der Waals surface area (Å²) in [5.74, 6) is -0.322. The quantitative estimate of drug-likeness (QED) is 0.695. The van der Waals surface area contributed by atoms with Gasteiger partial charge in [0.2, 0.25) is 5.91 Å². The van der Waals surface area contributed by atoms with E-state index in [0.29, 0.717) is 12.2 Å². The maximum Gasteiger partial charge on any atom is 0.519 e. The summed E-state index contributed by atoms with van der Waals surface area (Å²) in [5.41, 5.74) is 0. The zero-order chi connectivity index (χ0) is 15.7. The highest BCUT2D eigenvalue weighted by molar-refractivity contribution is 5.75. The Balaban J connectivity index is 2.13. The number of unbranched alkanes of at least 4 members (excludes halogenated alkanes) is 1. The molecular formula is C13H20N2O6. The summed E-state index contributed by atoms with van der Waals surface area (Å²) in [6.45, 7) is 3.89. The van der Waals surface area contributed by atoms with Gasteiger partial charge in [-0.3, -0.25) is 4.79 Å². The number of amides is 2. The van der Waals surface area contributed by atoms with Gasteiger partial charge in [0.1, 0.15) is 12.4 Å². The van der Waals surface area contributed by atoms with Crippen LogP contribution >= 0.6 is 0 Å². The molecule has 21 heavy (non-hydrogen) atoms. The predicted molar refractivity (Wildman–Crippen MR) is 72.7 cm³/mol. The summed E-state index contributed by atoms with van der Waals surface area (Å²) < 4.78 is 14.2. The van der Waals surface area contributed by atoms with Gasteiger partial charge in [0.25, 0.3) is 0 Å². The fraction of sp³-hybridized carbons (Fsp3) is 0.615. The summed E-state index contributed by atoms with van der Waals surface area (Å²) in [4.78, 5) is 33.4. The standard InChI is InChI=1S/C13H20N2O6/c1-3-4-5-11(16)14-6-7-19-12(17)15-8-10-9(2)20-13(18)21-10/h3-8H2,1-2H3,(H,14,16)(H,15,17). The number of aryl methyl sites for hydroxylation is 1.